The van der Waals surface area contributed by atoms with Gasteiger partial charge in [0.1, 0.15) is 11.6 Å². The van der Waals surface area contributed by atoms with Gasteiger partial charge >= 0.3 is 0 Å². The summed E-state index contributed by atoms with van der Waals surface area (Å²) in [5, 5.41) is 14.2. The van der Waals surface area contributed by atoms with E-state index in [2.05, 4.69) is 39.2 Å². The normalized spacial score (nSPS) is 10.9. The number of hydrogen-bond acceptors (Lipinski definition) is 5. The molecule has 0 aliphatic rings. The summed E-state index contributed by atoms with van der Waals surface area (Å²) in [5.41, 5.74) is 4.33. The van der Waals surface area contributed by atoms with Crippen LogP contribution in [0.2, 0.25) is 0 Å². The van der Waals surface area contributed by atoms with Gasteiger partial charge < -0.3 is 10.4 Å². The van der Waals surface area contributed by atoms with E-state index in [0.29, 0.717) is 6.42 Å². The van der Waals surface area contributed by atoms with E-state index < -0.39 is 0 Å². The zero-order chi connectivity index (χ0) is 15.9. The number of thiazole rings is 1. The molecule has 0 amide bonds. The number of aromatic nitrogens is 3. The van der Waals surface area contributed by atoms with Crippen molar-refractivity contribution >= 4 is 17.2 Å². The Morgan fingerprint density at radius 2 is 2.18 bits per heavy atom. The van der Waals surface area contributed by atoms with Crippen LogP contribution in [0.15, 0.2) is 11.7 Å². The van der Waals surface area contributed by atoms with Crippen LogP contribution in [0.5, 0.6) is 0 Å². The van der Waals surface area contributed by atoms with Crippen LogP contribution >= 0.6 is 11.3 Å². The van der Waals surface area contributed by atoms with Crippen molar-refractivity contribution in [1.29, 1.82) is 0 Å². The minimum Gasteiger partial charge on any atom is -0.854 e. The molecule has 22 heavy (non-hydrogen) atoms. The van der Waals surface area contributed by atoms with Crippen molar-refractivity contribution in [3.05, 3.63) is 33.7 Å². The Morgan fingerprint density at radius 3 is 2.91 bits per heavy atom. The van der Waals surface area contributed by atoms with Crippen LogP contribution in [-0.4, -0.2) is 23.1 Å². The van der Waals surface area contributed by atoms with Crippen molar-refractivity contribution in [2.24, 2.45) is 0 Å². The SMILES string of the molecule is CCCCNc1nc(C)ncc1C[n+]1csc(CC[O-])c1C. The number of rotatable bonds is 8. The average molecular weight is 320 g/mol. The van der Waals surface area contributed by atoms with Gasteiger partial charge in [-0.1, -0.05) is 24.7 Å². The first kappa shape index (κ1) is 16.8. The van der Waals surface area contributed by atoms with Crippen molar-refractivity contribution in [3.8, 4) is 0 Å². The summed E-state index contributed by atoms with van der Waals surface area (Å²) in [6, 6.07) is 0. The van der Waals surface area contributed by atoms with Gasteiger partial charge in [-0.2, -0.15) is 4.57 Å². The number of hydrogen-bond donors (Lipinski definition) is 1. The lowest BCUT2D eigenvalue weighted by atomic mass is 10.2. The molecule has 2 heterocycles. The molecule has 0 unspecified atom stereocenters. The molecule has 0 fully saturated rings. The van der Waals surface area contributed by atoms with Gasteiger partial charge in [0.15, 0.2) is 12.2 Å². The fraction of sp³-hybridized carbons (Fsp3) is 0.562. The van der Waals surface area contributed by atoms with E-state index in [1.54, 1.807) is 11.3 Å². The fourth-order valence-corrected chi connectivity index (χ4v) is 3.25. The molecule has 0 saturated heterocycles. The van der Waals surface area contributed by atoms with E-state index in [-0.39, 0.29) is 6.61 Å². The zero-order valence-electron chi connectivity index (χ0n) is 13.6. The standard InChI is InChI=1S/C16H24N4OS/c1-4-5-7-17-16-14(9-18-13(3)19-16)10-20-11-22-15(6-8-21)12(20)2/h9,11H,4-8,10H2,1-3H3,(H,17,18,19). The van der Waals surface area contributed by atoms with Gasteiger partial charge in [-0.15, -0.1) is 6.61 Å². The second kappa shape index (κ2) is 8.19. The second-order valence-electron chi connectivity index (χ2n) is 5.39. The third-order valence-corrected chi connectivity index (χ3v) is 4.78. The smallest absolute Gasteiger partial charge is 0.225 e. The van der Waals surface area contributed by atoms with E-state index in [0.717, 1.165) is 43.1 Å². The molecule has 0 spiro atoms. The Bertz CT molecular complexity index is 612. The molecule has 2 rings (SSSR count). The van der Waals surface area contributed by atoms with Crippen molar-refractivity contribution < 1.29 is 9.67 Å². The maximum Gasteiger partial charge on any atom is 0.225 e. The lowest BCUT2D eigenvalue weighted by Crippen LogP contribution is -2.35. The summed E-state index contributed by atoms with van der Waals surface area (Å²) in [6.45, 7) is 7.75. The van der Waals surface area contributed by atoms with Crippen molar-refractivity contribution in [3.63, 3.8) is 0 Å². The van der Waals surface area contributed by atoms with Crippen LogP contribution in [-0.2, 0) is 13.0 Å². The first-order valence-electron chi connectivity index (χ1n) is 7.76. The maximum absolute atomic E-state index is 10.8. The van der Waals surface area contributed by atoms with Crippen LogP contribution < -0.4 is 15.0 Å². The predicted octanol–water partition coefficient (Wildman–Crippen LogP) is 1.61. The largest absolute Gasteiger partial charge is 0.854 e. The molecule has 120 valence electrons. The van der Waals surface area contributed by atoms with Crippen LogP contribution in [0.4, 0.5) is 5.82 Å². The third kappa shape index (κ3) is 4.24. The quantitative estimate of drug-likeness (QED) is 0.593. The van der Waals surface area contributed by atoms with Crippen LogP contribution in [0.3, 0.4) is 0 Å². The van der Waals surface area contributed by atoms with Gasteiger partial charge in [-0.25, -0.2) is 9.97 Å². The van der Waals surface area contributed by atoms with Gasteiger partial charge in [0, 0.05) is 19.7 Å². The number of nitrogens with one attached hydrogen (secondary N) is 1. The van der Waals surface area contributed by atoms with Gasteiger partial charge in [-0.3, -0.25) is 0 Å². The van der Waals surface area contributed by atoms with Gasteiger partial charge in [0.2, 0.25) is 5.51 Å². The van der Waals surface area contributed by atoms with Crippen LogP contribution in [0.25, 0.3) is 0 Å². The topological polar surface area (TPSA) is 64.8 Å². The molecule has 6 heteroatoms. The van der Waals surface area contributed by atoms with E-state index in [1.165, 1.54) is 10.6 Å². The molecule has 1 N–H and O–H groups in total. The molecule has 0 aliphatic carbocycles. The van der Waals surface area contributed by atoms with Crippen LogP contribution in [0, 0.1) is 13.8 Å². The molecular formula is C16H24N4OS. The Hall–Kier alpha value is -1.53. The van der Waals surface area contributed by atoms with E-state index in [1.807, 2.05) is 13.1 Å². The summed E-state index contributed by atoms with van der Waals surface area (Å²) in [4.78, 5) is 10.0. The molecule has 0 aliphatic heterocycles. The van der Waals surface area contributed by atoms with Crippen molar-refractivity contribution in [1.82, 2.24) is 9.97 Å². The van der Waals surface area contributed by atoms with Gasteiger partial charge in [-0.05, 0) is 19.8 Å². The molecule has 0 aromatic carbocycles. The Labute approximate surface area is 136 Å². The molecule has 5 nitrogen and oxygen atoms in total. The molecule has 0 saturated carbocycles. The van der Waals surface area contributed by atoms with Gasteiger partial charge in [0.05, 0.1) is 10.4 Å². The fourth-order valence-electron chi connectivity index (χ4n) is 2.27. The summed E-state index contributed by atoms with van der Waals surface area (Å²) in [7, 11) is 0. The molecule has 2 aromatic heterocycles. The van der Waals surface area contributed by atoms with E-state index in [4.69, 9.17) is 0 Å². The predicted molar refractivity (Wildman–Crippen MR) is 87.1 cm³/mol. The Kier molecular flexibility index (Phi) is 6.27. The zero-order valence-corrected chi connectivity index (χ0v) is 14.4. The maximum atomic E-state index is 10.8. The summed E-state index contributed by atoms with van der Waals surface area (Å²) < 4.78 is 2.18. The van der Waals surface area contributed by atoms with Gasteiger partial charge in [0.25, 0.3) is 0 Å². The number of aryl methyl sites for hydroxylation is 1. The first-order chi connectivity index (χ1) is 10.7. The highest BCUT2D eigenvalue weighted by Gasteiger charge is 2.17. The molecule has 0 bridgehead atoms. The molecule has 0 atom stereocenters. The summed E-state index contributed by atoms with van der Waals surface area (Å²) >= 11 is 1.65. The highest BCUT2D eigenvalue weighted by atomic mass is 32.1. The average Bonchev–Trinajstić information content (AvgIpc) is 2.84. The Morgan fingerprint density at radius 1 is 1.36 bits per heavy atom. The lowest BCUT2D eigenvalue weighted by Gasteiger charge is -2.09. The number of nitrogens with zero attached hydrogens (tertiary/aromatic N) is 3. The molecule has 2 aromatic rings. The van der Waals surface area contributed by atoms with Crippen molar-refractivity contribution in [2.75, 3.05) is 18.5 Å². The summed E-state index contributed by atoms with van der Waals surface area (Å²) in [5.74, 6) is 1.70. The monoisotopic (exact) mass is 320 g/mol. The van der Waals surface area contributed by atoms with E-state index in [9.17, 15) is 5.11 Å². The van der Waals surface area contributed by atoms with Crippen molar-refractivity contribution in [2.45, 2.75) is 46.6 Å². The highest BCUT2D eigenvalue weighted by molar-refractivity contribution is 7.09. The lowest BCUT2D eigenvalue weighted by molar-refractivity contribution is -0.689. The molecule has 0 radical (unpaired) electrons. The minimum atomic E-state index is -0.0567. The first-order valence-corrected chi connectivity index (χ1v) is 8.64. The number of anilines is 1. The summed E-state index contributed by atoms with van der Waals surface area (Å²) in [6.07, 6.45) is 4.79. The second-order valence-corrected chi connectivity index (χ2v) is 6.32. The highest BCUT2D eigenvalue weighted by Crippen LogP contribution is 2.15. The Balaban J connectivity index is 2.17. The van der Waals surface area contributed by atoms with Crippen LogP contribution in [0.1, 0.15) is 41.7 Å². The third-order valence-electron chi connectivity index (χ3n) is 3.63. The minimum absolute atomic E-state index is 0.0567. The molecular weight excluding hydrogens is 296 g/mol. The van der Waals surface area contributed by atoms with E-state index >= 15 is 0 Å². The number of unbranched alkanes of at least 4 members (excludes halogenated alkanes) is 1.